The molecule has 2 aliphatic heterocycles. The van der Waals surface area contributed by atoms with E-state index < -0.39 is 0 Å². The highest BCUT2D eigenvalue weighted by Gasteiger charge is 2.39. The van der Waals surface area contributed by atoms with Crippen LogP contribution in [0.1, 0.15) is 69.1 Å². The van der Waals surface area contributed by atoms with Crippen molar-refractivity contribution in [2.75, 3.05) is 11.9 Å². The van der Waals surface area contributed by atoms with E-state index in [-0.39, 0.29) is 12.4 Å². The van der Waals surface area contributed by atoms with Crippen LogP contribution in [0, 0.1) is 11.8 Å². The van der Waals surface area contributed by atoms with Gasteiger partial charge in [-0.1, -0.05) is 38.3 Å². The van der Waals surface area contributed by atoms with Crippen molar-refractivity contribution in [2.45, 2.75) is 70.5 Å². The van der Waals surface area contributed by atoms with Crippen LogP contribution in [0.4, 0.5) is 5.69 Å². The van der Waals surface area contributed by atoms with Crippen molar-refractivity contribution in [3.63, 3.8) is 0 Å². The molecule has 0 bridgehead atoms. The van der Waals surface area contributed by atoms with Gasteiger partial charge < -0.3 is 10.1 Å². The molecule has 1 aliphatic carbocycles. The summed E-state index contributed by atoms with van der Waals surface area (Å²) in [5.41, 5.74) is 4.17. The van der Waals surface area contributed by atoms with Gasteiger partial charge in [0.25, 0.3) is 0 Å². The average Bonchev–Trinajstić information content (AvgIpc) is 2.61. The molecule has 0 aromatic heterocycles. The minimum atomic E-state index is 0. The number of halogens is 1. The number of rotatable bonds is 2. The highest BCUT2D eigenvalue weighted by Crippen LogP contribution is 2.45. The number of anilines is 1. The summed E-state index contributed by atoms with van der Waals surface area (Å²) in [6.45, 7) is 3.32. The van der Waals surface area contributed by atoms with Crippen LogP contribution in [0.2, 0.25) is 0 Å². The fourth-order valence-electron chi connectivity index (χ4n) is 4.76. The molecule has 1 N–H and O–H groups in total. The number of benzene rings is 1. The molecule has 3 atom stereocenters. The van der Waals surface area contributed by atoms with E-state index in [0.29, 0.717) is 18.1 Å². The van der Waals surface area contributed by atoms with E-state index in [1.54, 1.807) is 0 Å². The predicted molar refractivity (Wildman–Crippen MR) is 98.5 cm³/mol. The number of fused-ring (bicyclic) bond motifs is 3. The number of aryl methyl sites for hydroxylation is 1. The van der Waals surface area contributed by atoms with Gasteiger partial charge in [-0.25, -0.2) is 0 Å². The molecular formula is C20H30ClNO. The highest BCUT2D eigenvalue weighted by atomic mass is 35.5. The van der Waals surface area contributed by atoms with Gasteiger partial charge >= 0.3 is 0 Å². The molecule has 4 rings (SSSR count). The molecule has 3 unspecified atom stereocenters. The molecule has 2 fully saturated rings. The summed E-state index contributed by atoms with van der Waals surface area (Å²) < 4.78 is 6.72. The van der Waals surface area contributed by atoms with Gasteiger partial charge in [-0.3, -0.25) is 0 Å². The van der Waals surface area contributed by atoms with Crippen molar-refractivity contribution in [3.8, 4) is 0 Å². The van der Waals surface area contributed by atoms with Crippen LogP contribution in [-0.4, -0.2) is 12.6 Å². The second-order valence-electron chi connectivity index (χ2n) is 7.49. The second kappa shape index (κ2) is 7.44. The maximum absolute atomic E-state index is 6.72. The molecule has 128 valence electrons. The Balaban J connectivity index is 0.00000156. The Kier molecular flexibility index (Phi) is 5.53. The summed E-state index contributed by atoms with van der Waals surface area (Å²) in [6, 6.07) is 6.91. The molecule has 3 heteroatoms. The Morgan fingerprint density at radius 1 is 1.04 bits per heavy atom. The molecule has 1 saturated carbocycles. The summed E-state index contributed by atoms with van der Waals surface area (Å²) in [7, 11) is 0. The lowest BCUT2D eigenvalue weighted by atomic mass is 9.78. The van der Waals surface area contributed by atoms with E-state index in [0.717, 1.165) is 18.9 Å². The molecule has 1 saturated heterocycles. The SMILES string of the molecule is CCc1ccc2c(c1)C1OC(C3CCCCC3)CCC1CN2.Cl. The van der Waals surface area contributed by atoms with Gasteiger partial charge in [0.2, 0.25) is 0 Å². The minimum absolute atomic E-state index is 0. The molecule has 2 nitrogen and oxygen atoms in total. The third-order valence-electron chi connectivity index (χ3n) is 6.13. The van der Waals surface area contributed by atoms with Crippen molar-refractivity contribution in [3.05, 3.63) is 29.3 Å². The Morgan fingerprint density at radius 2 is 1.87 bits per heavy atom. The summed E-state index contributed by atoms with van der Waals surface area (Å²) in [5, 5.41) is 3.63. The molecule has 0 radical (unpaired) electrons. The van der Waals surface area contributed by atoms with Crippen LogP contribution in [0.25, 0.3) is 0 Å². The van der Waals surface area contributed by atoms with Crippen LogP contribution >= 0.6 is 12.4 Å². The topological polar surface area (TPSA) is 21.3 Å². The molecule has 0 amide bonds. The van der Waals surface area contributed by atoms with Crippen molar-refractivity contribution in [1.29, 1.82) is 0 Å². The second-order valence-corrected chi connectivity index (χ2v) is 7.49. The number of nitrogens with one attached hydrogen (secondary N) is 1. The maximum atomic E-state index is 6.72. The summed E-state index contributed by atoms with van der Waals surface area (Å²) in [4.78, 5) is 0. The van der Waals surface area contributed by atoms with Crippen LogP contribution in [0.15, 0.2) is 18.2 Å². The maximum Gasteiger partial charge on any atom is 0.0893 e. The van der Waals surface area contributed by atoms with Crippen molar-refractivity contribution in [2.24, 2.45) is 11.8 Å². The van der Waals surface area contributed by atoms with Gasteiger partial charge in [-0.15, -0.1) is 12.4 Å². The first kappa shape index (κ1) is 17.1. The standard InChI is InChI=1S/C20H29NO.ClH/c1-2-14-8-10-18-17(12-14)20-16(13-21-18)9-11-19(22-20)15-6-4-3-5-7-15;/h8,10,12,15-16,19-21H,2-7,9,11,13H2,1H3;1H. The number of hydrogen-bond donors (Lipinski definition) is 1. The third kappa shape index (κ3) is 3.39. The van der Waals surface area contributed by atoms with Gasteiger partial charge in [-0.2, -0.15) is 0 Å². The van der Waals surface area contributed by atoms with Crippen molar-refractivity contribution >= 4 is 18.1 Å². The third-order valence-corrected chi connectivity index (χ3v) is 6.13. The van der Waals surface area contributed by atoms with E-state index in [9.17, 15) is 0 Å². The van der Waals surface area contributed by atoms with E-state index in [1.807, 2.05) is 0 Å². The number of hydrogen-bond acceptors (Lipinski definition) is 2. The molecule has 0 spiro atoms. The van der Waals surface area contributed by atoms with Crippen LogP contribution in [0.5, 0.6) is 0 Å². The van der Waals surface area contributed by atoms with Gasteiger partial charge in [-0.05, 0) is 49.7 Å². The van der Waals surface area contributed by atoms with E-state index in [4.69, 9.17) is 4.74 Å². The smallest absolute Gasteiger partial charge is 0.0893 e. The monoisotopic (exact) mass is 335 g/mol. The van der Waals surface area contributed by atoms with Gasteiger partial charge in [0.15, 0.2) is 0 Å². The first-order valence-corrected chi connectivity index (χ1v) is 9.37. The average molecular weight is 336 g/mol. The Morgan fingerprint density at radius 3 is 2.65 bits per heavy atom. The Labute approximate surface area is 146 Å². The molecular weight excluding hydrogens is 306 g/mol. The zero-order chi connectivity index (χ0) is 14.9. The highest BCUT2D eigenvalue weighted by molar-refractivity contribution is 5.85. The van der Waals surface area contributed by atoms with Gasteiger partial charge in [0.1, 0.15) is 0 Å². The molecule has 3 aliphatic rings. The van der Waals surface area contributed by atoms with E-state index >= 15 is 0 Å². The lowest BCUT2D eigenvalue weighted by Crippen LogP contribution is -2.40. The fraction of sp³-hybridized carbons (Fsp3) is 0.700. The van der Waals surface area contributed by atoms with Crippen molar-refractivity contribution in [1.82, 2.24) is 0 Å². The molecule has 2 heterocycles. The summed E-state index contributed by atoms with van der Waals surface area (Å²) in [6.07, 6.45) is 11.6. The minimum Gasteiger partial charge on any atom is -0.384 e. The van der Waals surface area contributed by atoms with Crippen molar-refractivity contribution < 1.29 is 4.74 Å². The lowest BCUT2D eigenvalue weighted by Gasteiger charge is -2.44. The van der Waals surface area contributed by atoms with Crippen LogP contribution in [0.3, 0.4) is 0 Å². The Bertz CT molecular complexity index is 526. The van der Waals surface area contributed by atoms with E-state index in [2.05, 4.69) is 30.4 Å². The molecule has 23 heavy (non-hydrogen) atoms. The molecule has 1 aromatic rings. The number of ether oxygens (including phenoxy) is 1. The summed E-state index contributed by atoms with van der Waals surface area (Å²) >= 11 is 0. The molecule has 1 aromatic carbocycles. The fourth-order valence-corrected chi connectivity index (χ4v) is 4.76. The van der Waals surface area contributed by atoms with Gasteiger partial charge in [0, 0.05) is 23.7 Å². The normalized spacial score (nSPS) is 30.6. The largest absolute Gasteiger partial charge is 0.384 e. The quantitative estimate of drug-likeness (QED) is 0.769. The van der Waals surface area contributed by atoms with Crippen LogP contribution in [-0.2, 0) is 11.2 Å². The summed E-state index contributed by atoms with van der Waals surface area (Å²) in [5.74, 6) is 1.49. The van der Waals surface area contributed by atoms with E-state index in [1.165, 1.54) is 61.8 Å². The Hall–Kier alpha value is -0.730. The first-order chi connectivity index (χ1) is 10.8. The van der Waals surface area contributed by atoms with Crippen LogP contribution < -0.4 is 5.32 Å². The predicted octanol–water partition coefficient (Wildman–Crippen LogP) is 5.51. The first-order valence-electron chi connectivity index (χ1n) is 9.37. The lowest BCUT2D eigenvalue weighted by molar-refractivity contribution is -0.113. The zero-order valence-electron chi connectivity index (χ0n) is 14.2. The zero-order valence-corrected chi connectivity index (χ0v) is 15.0. The van der Waals surface area contributed by atoms with Gasteiger partial charge in [0.05, 0.1) is 12.2 Å².